The van der Waals surface area contributed by atoms with Crippen LogP contribution >= 0.6 is 15.9 Å². The standard InChI is InChI=1S/C11H12BrF4NO/c12-9-3-8(4-10(13)5-9)6-17(1-2-18)7-11(14,15)16/h3-5,18H,1-2,6-7H2. The van der Waals surface area contributed by atoms with E-state index in [1.807, 2.05) is 0 Å². The molecule has 0 saturated carbocycles. The lowest BCUT2D eigenvalue weighted by molar-refractivity contribution is -0.147. The molecule has 0 aliphatic heterocycles. The van der Waals surface area contributed by atoms with E-state index >= 15 is 0 Å². The Labute approximate surface area is 110 Å². The van der Waals surface area contributed by atoms with Gasteiger partial charge in [-0.3, -0.25) is 4.90 Å². The van der Waals surface area contributed by atoms with Crippen LogP contribution < -0.4 is 0 Å². The molecule has 18 heavy (non-hydrogen) atoms. The average Bonchev–Trinajstić information content (AvgIpc) is 2.12. The normalized spacial score (nSPS) is 12.2. The molecule has 0 radical (unpaired) electrons. The van der Waals surface area contributed by atoms with Gasteiger partial charge in [0, 0.05) is 17.6 Å². The van der Waals surface area contributed by atoms with Gasteiger partial charge in [-0.1, -0.05) is 15.9 Å². The first-order valence-corrected chi connectivity index (χ1v) is 5.94. The number of aliphatic hydroxyl groups is 1. The average molecular weight is 330 g/mol. The van der Waals surface area contributed by atoms with Crippen LogP contribution in [-0.2, 0) is 6.54 Å². The number of nitrogens with zero attached hydrogens (tertiary/aromatic N) is 1. The highest BCUT2D eigenvalue weighted by molar-refractivity contribution is 9.10. The Balaban J connectivity index is 2.76. The van der Waals surface area contributed by atoms with Crippen LogP contribution in [-0.4, -0.2) is 35.9 Å². The second kappa shape index (κ2) is 6.49. The van der Waals surface area contributed by atoms with Gasteiger partial charge in [0.15, 0.2) is 0 Å². The van der Waals surface area contributed by atoms with E-state index in [2.05, 4.69) is 15.9 Å². The molecule has 0 spiro atoms. The van der Waals surface area contributed by atoms with Crippen molar-refractivity contribution in [1.29, 1.82) is 0 Å². The lowest BCUT2D eigenvalue weighted by Gasteiger charge is -2.22. The Hall–Kier alpha value is -0.660. The monoisotopic (exact) mass is 329 g/mol. The fourth-order valence-corrected chi connectivity index (χ4v) is 2.08. The van der Waals surface area contributed by atoms with E-state index in [1.165, 1.54) is 12.1 Å². The van der Waals surface area contributed by atoms with Crippen molar-refractivity contribution in [3.63, 3.8) is 0 Å². The predicted octanol–water partition coefficient (Wildman–Crippen LogP) is 2.94. The van der Waals surface area contributed by atoms with Gasteiger partial charge in [0.05, 0.1) is 13.2 Å². The summed E-state index contributed by atoms with van der Waals surface area (Å²) in [5, 5.41) is 8.73. The third-order valence-corrected chi connectivity index (χ3v) is 2.61. The maximum atomic E-state index is 13.1. The Morgan fingerprint density at radius 2 is 1.89 bits per heavy atom. The first-order valence-electron chi connectivity index (χ1n) is 5.15. The van der Waals surface area contributed by atoms with Crippen LogP contribution in [0.1, 0.15) is 5.56 Å². The topological polar surface area (TPSA) is 23.5 Å². The van der Waals surface area contributed by atoms with Gasteiger partial charge in [-0.25, -0.2) is 4.39 Å². The number of halogens is 5. The van der Waals surface area contributed by atoms with Crippen molar-refractivity contribution in [2.45, 2.75) is 12.7 Å². The van der Waals surface area contributed by atoms with E-state index in [0.717, 1.165) is 4.90 Å². The predicted molar refractivity (Wildman–Crippen MR) is 62.5 cm³/mol. The summed E-state index contributed by atoms with van der Waals surface area (Å²) in [5.74, 6) is -0.518. The van der Waals surface area contributed by atoms with E-state index in [9.17, 15) is 17.6 Å². The maximum absolute atomic E-state index is 13.1. The van der Waals surface area contributed by atoms with E-state index in [-0.39, 0.29) is 19.7 Å². The Morgan fingerprint density at radius 3 is 2.39 bits per heavy atom. The van der Waals surface area contributed by atoms with Gasteiger partial charge in [0.2, 0.25) is 0 Å². The molecular formula is C11H12BrF4NO. The molecule has 1 rings (SSSR count). The summed E-state index contributed by atoms with van der Waals surface area (Å²) in [7, 11) is 0. The van der Waals surface area contributed by atoms with Crippen molar-refractivity contribution in [2.75, 3.05) is 19.7 Å². The number of rotatable bonds is 5. The summed E-state index contributed by atoms with van der Waals surface area (Å²) in [4.78, 5) is 1.02. The number of alkyl halides is 3. The molecular weight excluding hydrogens is 318 g/mol. The Morgan fingerprint density at radius 1 is 1.22 bits per heavy atom. The van der Waals surface area contributed by atoms with Crippen molar-refractivity contribution in [3.05, 3.63) is 34.1 Å². The molecule has 2 nitrogen and oxygen atoms in total. The second-order valence-electron chi connectivity index (χ2n) is 3.83. The van der Waals surface area contributed by atoms with Gasteiger partial charge in [0.25, 0.3) is 0 Å². The van der Waals surface area contributed by atoms with Crippen LogP contribution in [0.5, 0.6) is 0 Å². The summed E-state index contributed by atoms with van der Waals surface area (Å²) in [5.41, 5.74) is 0.416. The highest BCUT2D eigenvalue weighted by Gasteiger charge is 2.30. The van der Waals surface area contributed by atoms with Crippen LogP contribution in [0.2, 0.25) is 0 Å². The third kappa shape index (κ3) is 5.79. The summed E-state index contributed by atoms with van der Waals surface area (Å²) >= 11 is 3.07. The number of hydrogen-bond acceptors (Lipinski definition) is 2. The van der Waals surface area contributed by atoms with E-state index in [0.29, 0.717) is 10.0 Å². The molecule has 0 bridgehead atoms. The lowest BCUT2D eigenvalue weighted by Crippen LogP contribution is -2.35. The minimum absolute atomic E-state index is 0.0730. The molecule has 0 aliphatic carbocycles. The molecule has 0 saturated heterocycles. The van der Waals surface area contributed by atoms with Crippen LogP contribution in [0.15, 0.2) is 22.7 Å². The van der Waals surface area contributed by atoms with Gasteiger partial charge in [-0.15, -0.1) is 0 Å². The van der Waals surface area contributed by atoms with Gasteiger partial charge >= 0.3 is 6.18 Å². The third-order valence-electron chi connectivity index (χ3n) is 2.15. The van der Waals surface area contributed by atoms with E-state index in [1.54, 1.807) is 6.07 Å². The second-order valence-corrected chi connectivity index (χ2v) is 4.74. The molecule has 0 amide bonds. The summed E-state index contributed by atoms with van der Waals surface area (Å²) in [6, 6.07) is 3.94. The van der Waals surface area contributed by atoms with Crippen LogP contribution in [0.25, 0.3) is 0 Å². The van der Waals surface area contributed by atoms with E-state index < -0.39 is 18.5 Å². The molecule has 0 aliphatic rings. The zero-order valence-corrected chi connectivity index (χ0v) is 10.9. The first kappa shape index (κ1) is 15.4. The Bertz CT molecular complexity index is 377. The highest BCUT2D eigenvalue weighted by Crippen LogP contribution is 2.20. The fraction of sp³-hybridized carbons (Fsp3) is 0.455. The quantitative estimate of drug-likeness (QED) is 0.839. The van der Waals surface area contributed by atoms with E-state index in [4.69, 9.17) is 5.11 Å². The van der Waals surface area contributed by atoms with Crippen molar-refractivity contribution in [3.8, 4) is 0 Å². The van der Waals surface area contributed by atoms with Crippen molar-refractivity contribution >= 4 is 15.9 Å². The van der Waals surface area contributed by atoms with Gasteiger partial charge < -0.3 is 5.11 Å². The van der Waals surface area contributed by atoms with Crippen LogP contribution in [0.3, 0.4) is 0 Å². The zero-order chi connectivity index (χ0) is 13.8. The molecule has 7 heteroatoms. The van der Waals surface area contributed by atoms with Crippen molar-refractivity contribution in [2.24, 2.45) is 0 Å². The van der Waals surface area contributed by atoms with Gasteiger partial charge in [0.1, 0.15) is 5.82 Å². The van der Waals surface area contributed by atoms with Crippen molar-refractivity contribution < 1.29 is 22.7 Å². The summed E-state index contributed by atoms with van der Waals surface area (Å²) in [6.45, 7) is -1.71. The summed E-state index contributed by atoms with van der Waals surface area (Å²) < 4.78 is 50.4. The highest BCUT2D eigenvalue weighted by atomic mass is 79.9. The minimum Gasteiger partial charge on any atom is -0.395 e. The number of benzene rings is 1. The molecule has 1 aromatic rings. The Kier molecular flexibility index (Phi) is 5.55. The molecule has 1 aromatic carbocycles. The minimum atomic E-state index is -4.35. The molecule has 0 atom stereocenters. The van der Waals surface area contributed by atoms with Gasteiger partial charge in [-0.2, -0.15) is 13.2 Å². The number of aliphatic hydroxyl groups excluding tert-OH is 1. The molecule has 1 N–H and O–H groups in total. The molecule has 0 aromatic heterocycles. The largest absolute Gasteiger partial charge is 0.401 e. The smallest absolute Gasteiger partial charge is 0.395 e. The van der Waals surface area contributed by atoms with Gasteiger partial charge in [-0.05, 0) is 23.8 Å². The maximum Gasteiger partial charge on any atom is 0.401 e. The first-order chi connectivity index (χ1) is 8.30. The van der Waals surface area contributed by atoms with Crippen LogP contribution in [0.4, 0.5) is 17.6 Å². The molecule has 0 fully saturated rings. The van der Waals surface area contributed by atoms with Crippen molar-refractivity contribution in [1.82, 2.24) is 4.90 Å². The molecule has 0 heterocycles. The van der Waals surface area contributed by atoms with Crippen LogP contribution in [0, 0.1) is 5.82 Å². The molecule has 0 unspecified atom stereocenters. The molecule has 102 valence electrons. The zero-order valence-electron chi connectivity index (χ0n) is 9.34. The SMILES string of the molecule is OCCN(Cc1cc(F)cc(Br)c1)CC(F)(F)F. The fourth-order valence-electron chi connectivity index (χ4n) is 1.57. The number of hydrogen-bond donors (Lipinski definition) is 1. The lowest BCUT2D eigenvalue weighted by atomic mass is 10.2. The summed E-state index contributed by atoms with van der Waals surface area (Å²) in [6.07, 6.45) is -4.35.